The number of hydrogen-bond acceptors (Lipinski definition) is 2. The molecule has 1 aromatic carbocycles. The maximum absolute atomic E-state index is 6.23. The molecule has 0 N–H and O–H groups in total. The lowest BCUT2D eigenvalue weighted by Crippen LogP contribution is -2.23. The maximum atomic E-state index is 6.23. The van der Waals surface area contributed by atoms with Crippen molar-refractivity contribution in [2.75, 3.05) is 6.54 Å². The molecule has 1 aliphatic heterocycles. The molecule has 1 saturated heterocycles. The SMILES string of the molecule is Clc1ncccc1C1CCCN1Cc1ccccc1. The summed E-state index contributed by atoms with van der Waals surface area (Å²) in [4.78, 5) is 6.70. The topological polar surface area (TPSA) is 16.1 Å². The second-order valence-electron chi connectivity index (χ2n) is 5.00. The normalized spacial score (nSPS) is 19.7. The molecule has 0 amide bonds. The molecule has 19 heavy (non-hydrogen) atoms. The number of benzene rings is 1. The Hall–Kier alpha value is -1.38. The monoisotopic (exact) mass is 272 g/mol. The third-order valence-electron chi connectivity index (χ3n) is 3.74. The highest BCUT2D eigenvalue weighted by molar-refractivity contribution is 6.30. The van der Waals surface area contributed by atoms with E-state index in [1.54, 1.807) is 6.20 Å². The zero-order chi connectivity index (χ0) is 13.1. The molecule has 0 spiro atoms. The fourth-order valence-electron chi connectivity index (χ4n) is 2.83. The molecule has 1 fully saturated rings. The van der Waals surface area contributed by atoms with Gasteiger partial charge < -0.3 is 0 Å². The van der Waals surface area contributed by atoms with Crippen LogP contribution in [0.1, 0.15) is 30.0 Å². The molecule has 0 aliphatic carbocycles. The lowest BCUT2D eigenvalue weighted by atomic mass is 10.1. The van der Waals surface area contributed by atoms with Crippen LogP contribution in [-0.2, 0) is 6.54 Å². The van der Waals surface area contributed by atoms with E-state index in [0.29, 0.717) is 11.2 Å². The summed E-state index contributed by atoms with van der Waals surface area (Å²) in [5.74, 6) is 0. The predicted molar refractivity (Wildman–Crippen MR) is 78.1 cm³/mol. The number of likely N-dealkylation sites (tertiary alicyclic amines) is 1. The van der Waals surface area contributed by atoms with E-state index >= 15 is 0 Å². The van der Waals surface area contributed by atoms with Crippen LogP contribution in [0.2, 0.25) is 5.15 Å². The molecule has 1 unspecified atom stereocenters. The lowest BCUT2D eigenvalue weighted by molar-refractivity contribution is 0.248. The molecule has 98 valence electrons. The van der Waals surface area contributed by atoms with Crippen LogP contribution in [0, 0.1) is 0 Å². The number of rotatable bonds is 3. The highest BCUT2D eigenvalue weighted by Crippen LogP contribution is 2.35. The van der Waals surface area contributed by atoms with Crippen LogP contribution in [-0.4, -0.2) is 16.4 Å². The fourth-order valence-corrected chi connectivity index (χ4v) is 3.08. The Morgan fingerprint density at radius 2 is 2.00 bits per heavy atom. The molecule has 3 heteroatoms. The maximum Gasteiger partial charge on any atom is 0.133 e. The number of hydrogen-bond donors (Lipinski definition) is 0. The van der Waals surface area contributed by atoms with Gasteiger partial charge in [-0.1, -0.05) is 48.0 Å². The van der Waals surface area contributed by atoms with Crippen molar-refractivity contribution in [3.05, 3.63) is 64.9 Å². The van der Waals surface area contributed by atoms with Crippen LogP contribution in [0.5, 0.6) is 0 Å². The summed E-state index contributed by atoms with van der Waals surface area (Å²) in [6.45, 7) is 2.11. The van der Waals surface area contributed by atoms with Gasteiger partial charge in [0.2, 0.25) is 0 Å². The van der Waals surface area contributed by atoms with Crippen molar-refractivity contribution in [3.63, 3.8) is 0 Å². The minimum Gasteiger partial charge on any atom is -0.292 e. The molecule has 0 bridgehead atoms. The van der Waals surface area contributed by atoms with Crippen LogP contribution < -0.4 is 0 Å². The van der Waals surface area contributed by atoms with Gasteiger partial charge in [-0.2, -0.15) is 0 Å². The van der Waals surface area contributed by atoms with Gasteiger partial charge in [-0.15, -0.1) is 0 Å². The Kier molecular flexibility index (Phi) is 3.81. The van der Waals surface area contributed by atoms with Crippen molar-refractivity contribution in [2.24, 2.45) is 0 Å². The summed E-state index contributed by atoms with van der Waals surface area (Å²) in [6.07, 6.45) is 4.14. The second-order valence-corrected chi connectivity index (χ2v) is 5.36. The van der Waals surface area contributed by atoms with Gasteiger partial charge in [-0.05, 0) is 31.0 Å². The van der Waals surface area contributed by atoms with Gasteiger partial charge >= 0.3 is 0 Å². The van der Waals surface area contributed by atoms with Crippen molar-refractivity contribution >= 4 is 11.6 Å². The second kappa shape index (κ2) is 5.72. The first kappa shape index (κ1) is 12.6. The summed E-state index contributed by atoms with van der Waals surface area (Å²) in [6, 6.07) is 15.1. The minimum absolute atomic E-state index is 0.404. The van der Waals surface area contributed by atoms with E-state index in [9.17, 15) is 0 Å². The van der Waals surface area contributed by atoms with E-state index in [0.717, 1.165) is 25.1 Å². The molecule has 0 radical (unpaired) electrons. The molecule has 0 saturated carbocycles. The van der Waals surface area contributed by atoms with E-state index in [4.69, 9.17) is 11.6 Å². The summed E-state index contributed by atoms with van der Waals surface area (Å²) < 4.78 is 0. The average molecular weight is 273 g/mol. The zero-order valence-electron chi connectivity index (χ0n) is 10.8. The first-order valence-corrected chi connectivity index (χ1v) is 7.11. The molecular formula is C16H17ClN2. The van der Waals surface area contributed by atoms with Crippen molar-refractivity contribution < 1.29 is 0 Å². The first-order chi connectivity index (χ1) is 9.34. The van der Waals surface area contributed by atoms with Crippen LogP contribution in [0.15, 0.2) is 48.7 Å². The minimum atomic E-state index is 0.404. The van der Waals surface area contributed by atoms with E-state index < -0.39 is 0 Å². The quantitative estimate of drug-likeness (QED) is 0.783. The van der Waals surface area contributed by atoms with Crippen LogP contribution in [0.25, 0.3) is 0 Å². The molecule has 2 aromatic rings. The van der Waals surface area contributed by atoms with Gasteiger partial charge in [0.1, 0.15) is 5.15 Å². The van der Waals surface area contributed by atoms with E-state index in [1.807, 2.05) is 6.07 Å². The van der Waals surface area contributed by atoms with Gasteiger partial charge in [0.25, 0.3) is 0 Å². The van der Waals surface area contributed by atoms with Gasteiger partial charge in [0.05, 0.1) is 0 Å². The summed E-state index contributed by atoms with van der Waals surface area (Å²) in [5, 5.41) is 0.646. The predicted octanol–water partition coefficient (Wildman–Crippen LogP) is 4.07. The Balaban J connectivity index is 1.81. The van der Waals surface area contributed by atoms with E-state index in [1.165, 1.54) is 12.0 Å². The van der Waals surface area contributed by atoms with Gasteiger partial charge in [-0.25, -0.2) is 4.98 Å². The fraction of sp³-hybridized carbons (Fsp3) is 0.312. The van der Waals surface area contributed by atoms with Crippen molar-refractivity contribution in [1.29, 1.82) is 0 Å². The third kappa shape index (κ3) is 2.80. The lowest BCUT2D eigenvalue weighted by Gasteiger charge is -2.25. The summed E-state index contributed by atoms with van der Waals surface area (Å²) in [7, 11) is 0. The smallest absolute Gasteiger partial charge is 0.133 e. The number of aromatic nitrogens is 1. The first-order valence-electron chi connectivity index (χ1n) is 6.73. The zero-order valence-corrected chi connectivity index (χ0v) is 11.6. The Morgan fingerprint density at radius 3 is 2.79 bits per heavy atom. The third-order valence-corrected chi connectivity index (χ3v) is 4.05. The number of pyridine rings is 1. The highest BCUT2D eigenvalue weighted by atomic mass is 35.5. The van der Waals surface area contributed by atoms with Crippen molar-refractivity contribution in [2.45, 2.75) is 25.4 Å². The van der Waals surface area contributed by atoms with Crippen LogP contribution in [0.3, 0.4) is 0 Å². The van der Waals surface area contributed by atoms with Gasteiger partial charge in [0, 0.05) is 24.3 Å². The van der Waals surface area contributed by atoms with Crippen LogP contribution >= 0.6 is 11.6 Å². The molecule has 1 aromatic heterocycles. The molecule has 3 rings (SSSR count). The van der Waals surface area contributed by atoms with E-state index in [2.05, 4.69) is 46.3 Å². The van der Waals surface area contributed by atoms with E-state index in [-0.39, 0.29) is 0 Å². The number of nitrogens with zero attached hydrogens (tertiary/aromatic N) is 2. The standard InChI is InChI=1S/C16H17ClN2/c17-16-14(8-4-10-18-16)15-9-5-11-19(15)12-13-6-2-1-3-7-13/h1-4,6-8,10,15H,5,9,11-12H2. The Labute approximate surface area is 119 Å². The highest BCUT2D eigenvalue weighted by Gasteiger charge is 2.27. The molecule has 2 nitrogen and oxygen atoms in total. The van der Waals surface area contributed by atoms with Crippen molar-refractivity contribution in [3.8, 4) is 0 Å². The molecule has 1 atom stereocenters. The summed E-state index contributed by atoms with van der Waals surface area (Å²) >= 11 is 6.23. The molecular weight excluding hydrogens is 256 g/mol. The van der Waals surface area contributed by atoms with Crippen molar-refractivity contribution in [1.82, 2.24) is 9.88 Å². The largest absolute Gasteiger partial charge is 0.292 e. The molecule has 1 aliphatic rings. The Bertz CT molecular complexity index is 541. The Morgan fingerprint density at radius 1 is 1.16 bits per heavy atom. The van der Waals surface area contributed by atoms with Crippen LogP contribution in [0.4, 0.5) is 0 Å². The summed E-state index contributed by atoms with van der Waals surface area (Å²) in [5.41, 5.74) is 2.52. The van der Waals surface area contributed by atoms with Gasteiger partial charge in [-0.3, -0.25) is 4.90 Å². The number of halogens is 1. The average Bonchev–Trinajstić information content (AvgIpc) is 2.88. The molecule has 2 heterocycles. The van der Waals surface area contributed by atoms with Gasteiger partial charge in [0.15, 0.2) is 0 Å².